The predicted molar refractivity (Wildman–Crippen MR) is 38.1 cm³/mol. The second kappa shape index (κ2) is 4.54. The molecule has 3 N–H and O–H groups in total. The Bertz CT molecular complexity index is 133. The molecule has 0 aromatic heterocycles. The Balaban J connectivity index is 0. The fraction of sp³-hybridized carbons (Fsp3) is 0.833. The van der Waals surface area contributed by atoms with E-state index in [1.165, 1.54) is 0 Å². The zero-order chi connectivity index (χ0) is 8.36. The number of hydrogen-bond acceptors (Lipinski definition) is 2. The van der Waals surface area contributed by atoms with Gasteiger partial charge >= 0.3 is 0 Å². The number of primary amides is 1. The predicted octanol–water partition coefficient (Wildman–Crippen LogP) is -4.46. The monoisotopic (exact) mass is 182 g/mol. The van der Waals surface area contributed by atoms with E-state index in [-0.39, 0.29) is 19.0 Å². The number of halogens is 1. The first-order valence-electron chi connectivity index (χ1n) is 3.11. The second-order valence-corrected chi connectivity index (χ2v) is 3.22. The highest BCUT2D eigenvalue weighted by Gasteiger charge is 2.27. The molecule has 11 heavy (non-hydrogen) atoms. The minimum absolute atomic E-state index is 0. The molecule has 1 atom stereocenters. The topological polar surface area (TPSA) is 63.3 Å². The minimum Gasteiger partial charge on any atom is -1.00 e. The van der Waals surface area contributed by atoms with E-state index in [1.807, 2.05) is 21.1 Å². The maximum Gasteiger partial charge on any atom is 0.278 e. The summed E-state index contributed by atoms with van der Waals surface area (Å²) in [6.07, 6.45) is 0. The lowest BCUT2D eigenvalue weighted by molar-refractivity contribution is -0.886. The van der Waals surface area contributed by atoms with E-state index in [1.54, 1.807) is 0 Å². The summed E-state index contributed by atoms with van der Waals surface area (Å²) in [6, 6.07) is -0.500. The summed E-state index contributed by atoms with van der Waals surface area (Å²) in [5.74, 6) is -0.463. The molecule has 0 saturated heterocycles. The normalized spacial score (nSPS) is 13.5. The van der Waals surface area contributed by atoms with Crippen LogP contribution in [0, 0.1) is 0 Å². The van der Waals surface area contributed by atoms with Crippen molar-refractivity contribution in [3.8, 4) is 0 Å². The Kier molecular flexibility index (Phi) is 5.48. The Morgan fingerprint density at radius 1 is 1.55 bits per heavy atom. The van der Waals surface area contributed by atoms with Gasteiger partial charge in [0, 0.05) is 0 Å². The first kappa shape index (κ1) is 13.3. The van der Waals surface area contributed by atoms with E-state index >= 15 is 0 Å². The third-order valence-corrected chi connectivity index (χ3v) is 1.44. The van der Waals surface area contributed by atoms with Gasteiger partial charge in [0.2, 0.25) is 0 Å². The summed E-state index contributed by atoms with van der Waals surface area (Å²) >= 11 is 0. The number of rotatable bonds is 3. The molecule has 0 bridgehead atoms. The molecule has 0 saturated carbocycles. The maximum absolute atomic E-state index is 10.6. The van der Waals surface area contributed by atoms with Gasteiger partial charge in [0.1, 0.15) is 6.61 Å². The highest BCUT2D eigenvalue weighted by molar-refractivity contribution is 5.78. The van der Waals surface area contributed by atoms with E-state index in [0.717, 1.165) is 0 Å². The Morgan fingerprint density at radius 2 is 1.91 bits per heavy atom. The molecule has 0 aromatic rings. The van der Waals surface area contributed by atoms with E-state index in [2.05, 4.69) is 0 Å². The van der Waals surface area contributed by atoms with Gasteiger partial charge in [0.05, 0.1) is 21.1 Å². The molecule has 4 nitrogen and oxygen atoms in total. The molecular formula is C6H15ClN2O2. The first-order chi connectivity index (χ1) is 4.39. The van der Waals surface area contributed by atoms with Crippen molar-refractivity contribution in [1.29, 1.82) is 0 Å². The van der Waals surface area contributed by atoms with Crippen LogP contribution in [0.15, 0.2) is 0 Å². The highest BCUT2D eigenvalue weighted by Crippen LogP contribution is 1.99. The third kappa shape index (κ3) is 4.19. The van der Waals surface area contributed by atoms with Crippen molar-refractivity contribution in [1.82, 2.24) is 0 Å². The number of aliphatic hydroxyl groups is 1. The van der Waals surface area contributed by atoms with Gasteiger partial charge < -0.3 is 27.7 Å². The quantitative estimate of drug-likeness (QED) is 0.433. The van der Waals surface area contributed by atoms with Gasteiger partial charge in [-0.05, 0) is 0 Å². The summed E-state index contributed by atoms with van der Waals surface area (Å²) in [6.45, 7) is -0.196. The van der Waals surface area contributed by atoms with Crippen molar-refractivity contribution in [2.75, 3.05) is 27.7 Å². The number of quaternary nitrogens is 1. The number of likely N-dealkylation sites (N-methyl/N-ethyl adjacent to an activating group) is 1. The third-order valence-electron chi connectivity index (χ3n) is 1.44. The summed E-state index contributed by atoms with van der Waals surface area (Å²) in [4.78, 5) is 10.6. The van der Waals surface area contributed by atoms with Gasteiger partial charge in [-0.25, -0.2) is 0 Å². The summed E-state index contributed by atoms with van der Waals surface area (Å²) < 4.78 is 0.367. The Labute approximate surface area is 73.0 Å². The van der Waals surface area contributed by atoms with Crippen LogP contribution in [0.4, 0.5) is 0 Å². The standard InChI is InChI=1S/C6H14N2O2.ClH/c1-8(2,3)5(4-9)6(7)10;/h5,9H,4H2,1-3H3,(H-,7,10);1H. The Morgan fingerprint density at radius 3 is 1.91 bits per heavy atom. The van der Waals surface area contributed by atoms with E-state index in [0.29, 0.717) is 4.48 Å². The van der Waals surface area contributed by atoms with Crippen LogP contribution in [-0.4, -0.2) is 49.3 Å². The van der Waals surface area contributed by atoms with Crippen LogP contribution >= 0.6 is 0 Å². The van der Waals surface area contributed by atoms with Crippen LogP contribution in [0.25, 0.3) is 0 Å². The molecular weight excluding hydrogens is 168 g/mol. The van der Waals surface area contributed by atoms with Crippen molar-refractivity contribution in [3.05, 3.63) is 0 Å². The fourth-order valence-corrected chi connectivity index (χ4v) is 0.717. The molecule has 0 heterocycles. The van der Waals surface area contributed by atoms with Gasteiger partial charge in [-0.1, -0.05) is 0 Å². The maximum atomic E-state index is 10.6. The molecule has 68 valence electrons. The highest BCUT2D eigenvalue weighted by atomic mass is 35.5. The molecule has 5 heteroatoms. The average Bonchev–Trinajstić information content (AvgIpc) is 1.60. The lowest BCUT2D eigenvalue weighted by Gasteiger charge is -2.30. The first-order valence-corrected chi connectivity index (χ1v) is 3.11. The number of nitrogens with two attached hydrogens (primary N) is 1. The lowest BCUT2D eigenvalue weighted by Crippen LogP contribution is -3.00. The molecule has 0 aliphatic carbocycles. The number of carbonyl (C=O) groups excluding carboxylic acids is 1. The number of nitrogens with zero attached hydrogens (tertiary/aromatic N) is 1. The number of aliphatic hydroxyl groups excluding tert-OH is 1. The van der Waals surface area contributed by atoms with Crippen LogP contribution in [0.1, 0.15) is 0 Å². The van der Waals surface area contributed by atoms with Gasteiger partial charge in [0.25, 0.3) is 5.91 Å². The van der Waals surface area contributed by atoms with Crippen molar-refractivity contribution in [2.24, 2.45) is 5.73 Å². The molecule has 0 radical (unpaired) electrons. The van der Waals surface area contributed by atoms with Gasteiger partial charge in [-0.15, -0.1) is 0 Å². The fourth-order valence-electron chi connectivity index (χ4n) is 0.717. The average molecular weight is 183 g/mol. The van der Waals surface area contributed by atoms with Crippen LogP contribution < -0.4 is 18.1 Å². The molecule has 0 aliphatic heterocycles. The number of hydrogen-bond donors (Lipinski definition) is 2. The summed E-state index contributed by atoms with van der Waals surface area (Å²) in [5, 5.41) is 8.72. The lowest BCUT2D eigenvalue weighted by atomic mass is 10.2. The van der Waals surface area contributed by atoms with Crippen LogP contribution in [0.3, 0.4) is 0 Å². The number of carbonyl (C=O) groups is 1. The molecule has 1 unspecified atom stereocenters. The van der Waals surface area contributed by atoms with Crippen molar-refractivity contribution < 1.29 is 26.8 Å². The van der Waals surface area contributed by atoms with E-state index < -0.39 is 11.9 Å². The smallest absolute Gasteiger partial charge is 0.278 e. The molecule has 0 fully saturated rings. The largest absolute Gasteiger partial charge is 1.00 e. The van der Waals surface area contributed by atoms with Gasteiger partial charge in [-0.3, -0.25) is 4.79 Å². The van der Waals surface area contributed by atoms with Crippen molar-refractivity contribution in [2.45, 2.75) is 6.04 Å². The van der Waals surface area contributed by atoms with E-state index in [4.69, 9.17) is 10.8 Å². The van der Waals surface area contributed by atoms with Crippen molar-refractivity contribution >= 4 is 5.91 Å². The molecule has 1 amide bonds. The van der Waals surface area contributed by atoms with Crippen LogP contribution in [0.2, 0.25) is 0 Å². The zero-order valence-corrected chi connectivity index (χ0v) is 7.80. The minimum atomic E-state index is -0.500. The second-order valence-electron chi connectivity index (χ2n) is 3.22. The van der Waals surface area contributed by atoms with Crippen LogP contribution in [-0.2, 0) is 4.79 Å². The molecule has 0 aliphatic rings. The van der Waals surface area contributed by atoms with Crippen LogP contribution in [0.5, 0.6) is 0 Å². The van der Waals surface area contributed by atoms with Crippen molar-refractivity contribution in [3.63, 3.8) is 0 Å². The number of amides is 1. The van der Waals surface area contributed by atoms with Gasteiger partial charge in [0.15, 0.2) is 6.04 Å². The summed E-state index contributed by atoms with van der Waals surface area (Å²) in [7, 11) is 5.43. The molecule has 0 rings (SSSR count). The van der Waals surface area contributed by atoms with E-state index in [9.17, 15) is 4.79 Å². The SMILES string of the molecule is C[N+](C)(C)C(CO)C(N)=O.[Cl-]. The zero-order valence-electron chi connectivity index (χ0n) is 7.04. The Hall–Kier alpha value is -0.320. The molecule has 0 spiro atoms. The van der Waals surface area contributed by atoms with Gasteiger partial charge in [-0.2, -0.15) is 0 Å². The summed E-state index contributed by atoms with van der Waals surface area (Å²) in [5.41, 5.74) is 5.02. The molecule has 0 aromatic carbocycles.